The van der Waals surface area contributed by atoms with Gasteiger partial charge in [0.2, 0.25) is 0 Å². The third-order valence-electron chi connectivity index (χ3n) is 3.81. The molecule has 0 radical (unpaired) electrons. The van der Waals surface area contributed by atoms with Crippen LogP contribution in [-0.4, -0.2) is 16.2 Å². The molecule has 3 aromatic rings. The van der Waals surface area contributed by atoms with Crippen LogP contribution in [0.15, 0.2) is 58.3 Å². The third-order valence-corrected chi connectivity index (χ3v) is 4.05. The van der Waals surface area contributed by atoms with E-state index in [4.69, 9.17) is 31.6 Å². The Morgan fingerprint density at radius 1 is 1.00 bits per heavy atom. The molecule has 8 nitrogen and oxygen atoms in total. The van der Waals surface area contributed by atoms with Gasteiger partial charge in [0.05, 0.1) is 29.8 Å². The van der Waals surface area contributed by atoms with Crippen molar-refractivity contribution in [3.05, 3.63) is 85.6 Å². The van der Waals surface area contributed by atoms with E-state index in [2.05, 4.69) is 4.98 Å². The molecule has 29 heavy (non-hydrogen) atoms. The number of benzene rings is 2. The SMILES string of the molecule is N#Cc1cc(C#N)cc(Oc2cc(Cl)ccc2OCCn2c(=O)cc[nH]c2=O)c1. The molecular weight excluding hydrogens is 396 g/mol. The highest BCUT2D eigenvalue weighted by Crippen LogP contribution is 2.34. The van der Waals surface area contributed by atoms with Crippen LogP contribution in [0.3, 0.4) is 0 Å². The van der Waals surface area contributed by atoms with Crippen molar-refractivity contribution >= 4 is 11.6 Å². The van der Waals surface area contributed by atoms with E-state index in [0.29, 0.717) is 10.8 Å². The molecule has 0 aliphatic heterocycles. The van der Waals surface area contributed by atoms with E-state index in [1.807, 2.05) is 12.1 Å². The van der Waals surface area contributed by atoms with Gasteiger partial charge in [-0.1, -0.05) is 11.6 Å². The van der Waals surface area contributed by atoms with E-state index in [-0.39, 0.29) is 35.8 Å². The molecule has 0 aliphatic carbocycles. The number of H-pyrrole nitrogens is 1. The van der Waals surface area contributed by atoms with Crippen molar-refractivity contribution in [2.75, 3.05) is 6.61 Å². The van der Waals surface area contributed by atoms with Crippen molar-refractivity contribution in [3.63, 3.8) is 0 Å². The van der Waals surface area contributed by atoms with Gasteiger partial charge in [-0.15, -0.1) is 0 Å². The topological polar surface area (TPSA) is 121 Å². The molecule has 3 rings (SSSR count). The lowest BCUT2D eigenvalue weighted by atomic mass is 10.1. The third kappa shape index (κ3) is 4.83. The number of rotatable bonds is 6. The van der Waals surface area contributed by atoms with Crippen LogP contribution in [0.2, 0.25) is 5.02 Å². The Bertz CT molecular complexity index is 1190. The van der Waals surface area contributed by atoms with Crippen LogP contribution in [0.1, 0.15) is 11.1 Å². The zero-order valence-corrected chi connectivity index (χ0v) is 15.6. The molecule has 0 spiro atoms. The van der Waals surface area contributed by atoms with Crippen LogP contribution < -0.4 is 20.7 Å². The number of ether oxygens (including phenoxy) is 2. The summed E-state index contributed by atoms with van der Waals surface area (Å²) in [5.74, 6) is 0.838. The van der Waals surface area contributed by atoms with Gasteiger partial charge >= 0.3 is 5.69 Å². The largest absolute Gasteiger partial charge is 0.488 e. The lowest BCUT2D eigenvalue weighted by Gasteiger charge is -2.13. The molecule has 0 amide bonds. The van der Waals surface area contributed by atoms with Crippen molar-refractivity contribution < 1.29 is 9.47 Å². The Labute approximate surface area is 169 Å². The summed E-state index contributed by atoms with van der Waals surface area (Å²) >= 11 is 6.04. The highest BCUT2D eigenvalue weighted by atomic mass is 35.5. The predicted octanol–water partition coefficient (Wildman–Crippen LogP) is 2.80. The van der Waals surface area contributed by atoms with Crippen LogP contribution in [0, 0.1) is 22.7 Å². The van der Waals surface area contributed by atoms with Crippen LogP contribution in [0.25, 0.3) is 0 Å². The number of hydrogen-bond donors (Lipinski definition) is 1. The lowest BCUT2D eigenvalue weighted by molar-refractivity contribution is 0.281. The molecule has 0 fully saturated rings. The minimum atomic E-state index is -0.536. The smallest absolute Gasteiger partial charge is 0.328 e. The van der Waals surface area contributed by atoms with Gasteiger partial charge in [-0.05, 0) is 30.3 Å². The first kappa shape index (κ1) is 19.7. The Hall–Kier alpha value is -4.01. The van der Waals surface area contributed by atoms with Gasteiger partial charge in [0.1, 0.15) is 12.4 Å². The highest BCUT2D eigenvalue weighted by Gasteiger charge is 2.10. The van der Waals surface area contributed by atoms with Crippen molar-refractivity contribution in [3.8, 4) is 29.4 Å². The number of aromatic amines is 1. The van der Waals surface area contributed by atoms with E-state index < -0.39 is 11.2 Å². The first-order valence-corrected chi connectivity index (χ1v) is 8.72. The van der Waals surface area contributed by atoms with E-state index >= 15 is 0 Å². The molecule has 0 unspecified atom stereocenters. The lowest BCUT2D eigenvalue weighted by Crippen LogP contribution is -2.35. The van der Waals surface area contributed by atoms with Crippen LogP contribution in [0.4, 0.5) is 0 Å². The summed E-state index contributed by atoms with van der Waals surface area (Å²) in [6, 6.07) is 14.3. The molecule has 0 saturated carbocycles. The quantitative estimate of drug-likeness (QED) is 0.669. The van der Waals surface area contributed by atoms with E-state index in [1.165, 1.54) is 36.5 Å². The molecule has 144 valence electrons. The summed E-state index contributed by atoms with van der Waals surface area (Å²) in [6.07, 6.45) is 1.28. The molecule has 1 heterocycles. The molecular formula is C20H13ClN4O4. The summed E-state index contributed by atoms with van der Waals surface area (Å²) in [5.41, 5.74) is -0.439. The fraction of sp³-hybridized carbons (Fsp3) is 0.100. The van der Waals surface area contributed by atoms with Crippen molar-refractivity contribution in [2.24, 2.45) is 0 Å². The number of nitrogens with one attached hydrogen (secondary N) is 1. The first-order chi connectivity index (χ1) is 14.0. The van der Waals surface area contributed by atoms with Gasteiger partial charge in [0.25, 0.3) is 5.56 Å². The minimum Gasteiger partial charge on any atom is -0.488 e. The molecule has 0 saturated heterocycles. The van der Waals surface area contributed by atoms with E-state index in [1.54, 1.807) is 12.1 Å². The molecule has 2 aromatic carbocycles. The number of nitrogens with zero attached hydrogens (tertiary/aromatic N) is 3. The Morgan fingerprint density at radius 3 is 2.38 bits per heavy atom. The summed E-state index contributed by atoms with van der Waals surface area (Å²) in [4.78, 5) is 25.9. The second-order valence-corrected chi connectivity index (χ2v) is 6.22. The molecule has 0 bridgehead atoms. The van der Waals surface area contributed by atoms with Gasteiger partial charge in [-0.25, -0.2) is 4.79 Å². The number of nitriles is 2. The zero-order chi connectivity index (χ0) is 20.8. The first-order valence-electron chi connectivity index (χ1n) is 8.34. The average molecular weight is 409 g/mol. The summed E-state index contributed by atoms with van der Waals surface area (Å²) < 4.78 is 12.4. The standard InChI is InChI=1S/C20H13ClN4O4/c21-15-1-2-17(28-6-5-25-19(26)3-4-24-20(25)27)18(10-15)29-16-8-13(11-22)7-14(9-16)12-23/h1-4,7-10H,5-6H2,(H,24,27). The summed E-state index contributed by atoms with van der Waals surface area (Å²) in [7, 11) is 0. The van der Waals surface area contributed by atoms with E-state index in [0.717, 1.165) is 4.57 Å². The summed E-state index contributed by atoms with van der Waals surface area (Å²) in [6.45, 7) is 0.0479. The zero-order valence-electron chi connectivity index (χ0n) is 14.9. The molecule has 0 aliphatic rings. The van der Waals surface area contributed by atoms with Crippen molar-refractivity contribution in [1.29, 1.82) is 10.5 Å². The van der Waals surface area contributed by atoms with Gasteiger partial charge in [-0.2, -0.15) is 10.5 Å². The van der Waals surface area contributed by atoms with E-state index in [9.17, 15) is 9.59 Å². The molecule has 9 heteroatoms. The highest BCUT2D eigenvalue weighted by molar-refractivity contribution is 6.30. The van der Waals surface area contributed by atoms with Crippen molar-refractivity contribution in [2.45, 2.75) is 6.54 Å². The Kier molecular flexibility index (Phi) is 5.98. The van der Waals surface area contributed by atoms with Gasteiger partial charge in [-0.3, -0.25) is 9.36 Å². The number of hydrogen-bond acceptors (Lipinski definition) is 6. The fourth-order valence-electron chi connectivity index (χ4n) is 2.51. The monoisotopic (exact) mass is 408 g/mol. The minimum absolute atomic E-state index is 0.0205. The van der Waals surface area contributed by atoms with Crippen LogP contribution >= 0.6 is 11.6 Å². The predicted molar refractivity (Wildman–Crippen MR) is 104 cm³/mol. The van der Waals surface area contributed by atoms with Crippen molar-refractivity contribution in [1.82, 2.24) is 9.55 Å². The second-order valence-electron chi connectivity index (χ2n) is 5.78. The maximum Gasteiger partial charge on any atom is 0.328 e. The van der Waals surface area contributed by atoms with Gasteiger partial charge in [0, 0.05) is 23.4 Å². The van der Waals surface area contributed by atoms with Gasteiger partial charge in [0.15, 0.2) is 11.5 Å². The number of aromatic nitrogens is 2. The molecule has 1 N–H and O–H groups in total. The Balaban J connectivity index is 1.82. The normalized spacial score (nSPS) is 10.0. The van der Waals surface area contributed by atoms with Gasteiger partial charge < -0.3 is 14.5 Å². The molecule has 1 aromatic heterocycles. The second kappa shape index (κ2) is 8.79. The fourth-order valence-corrected chi connectivity index (χ4v) is 2.67. The molecule has 0 atom stereocenters. The maximum atomic E-state index is 11.7. The maximum absolute atomic E-state index is 11.7. The van der Waals surface area contributed by atoms with Crippen LogP contribution in [-0.2, 0) is 6.54 Å². The Morgan fingerprint density at radius 2 is 1.72 bits per heavy atom. The number of halogens is 1. The average Bonchev–Trinajstić information content (AvgIpc) is 2.71. The summed E-state index contributed by atoms with van der Waals surface area (Å²) in [5, 5.41) is 18.6. The van der Waals surface area contributed by atoms with Crippen LogP contribution in [0.5, 0.6) is 17.2 Å².